The molecule has 0 unspecified atom stereocenters. The van der Waals surface area contributed by atoms with Gasteiger partial charge >= 0.3 is 0 Å². The molecule has 0 atom stereocenters. The summed E-state index contributed by atoms with van der Waals surface area (Å²) in [5.74, 6) is 0. The van der Waals surface area contributed by atoms with Crippen molar-refractivity contribution in [2.75, 3.05) is 0 Å². The molecule has 0 fully saturated rings. The second kappa shape index (κ2) is 9.29. The Morgan fingerprint density at radius 2 is 1.25 bits per heavy atom. The van der Waals surface area contributed by atoms with E-state index < -0.39 is 0 Å². The molecule has 0 spiro atoms. The largest absolute Gasteiger partial charge is 0.102 e. The van der Waals surface area contributed by atoms with Gasteiger partial charge in [0.05, 0.1) is 0 Å². The van der Waals surface area contributed by atoms with E-state index in [-0.39, 0.29) is 20.4 Å². The molecule has 0 saturated carbocycles. The summed E-state index contributed by atoms with van der Waals surface area (Å²) in [4.78, 5) is 0. The van der Waals surface area contributed by atoms with Gasteiger partial charge in [-0.3, -0.25) is 0 Å². The molecule has 0 saturated heterocycles. The van der Waals surface area contributed by atoms with Crippen molar-refractivity contribution in [1.29, 1.82) is 0 Å². The smallest absolute Gasteiger partial charge is 0.0922 e. The summed E-state index contributed by atoms with van der Waals surface area (Å²) in [5, 5.41) is 0. The summed E-state index contributed by atoms with van der Waals surface area (Å²) in [5.41, 5.74) is 0. The van der Waals surface area contributed by atoms with Crippen LogP contribution in [0, 0.1) is 0 Å². The van der Waals surface area contributed by atoms with Crippen molar-refractivity contribution in [3.05, 3.63) is 0 Å². The third-order valence-corrected chi connectivity index (χ3v) is 0. The Morgan fingerprint density at radius 3 is 1.25 bits per heavy atom. The van der Waals surface area contributed by atoms with Crippen molar-refractivity contribution < 1.29 is 20.4 Å². The zero-order valence-electron chi connectivity index (χ0n) is 2.96. The molecule has 0 aliphatic rings. The minimum absolute atomic E-state index is 0. The first-order valence-electron chi connectivity index (χ1n) is 1.15. The molecule has 0 aliphatic heterocycles. The first kappa shape index (κ1) is 8.83. The average molecular weight is 227 g/mol. The molecule has 2 heteroatoms. The summed E-state index contributed by atoms with van der Waals surface area (Å²) < 4.78 is 0. The normalized spacial score (nSPS) is 3.50. The van der Waals surface area contributed by atoms with Crippen LogP contribution >= 0.6 is 0 Å². The molecule has 0 N–H and O–H groups in total. The zero-order valence-corrected chi connectivity index (χ0v) is 5.67. The molecule has 0 aromatic carbocycles. The summed E-state index contributed by atoms with van der Waals surface area (Å²) >= 11 is 0. The maximum atomic E-state index is 2.00. The molecule has 0 amide bonds. The Kier molecular flexibility index (Phi) is 20.5. The Morgan fingerprint density at radius 1 is 1.25 bits per heavy atom. The molecular weight excluding hydrogens is 221 g/mol. The summed E-state index contributed by atoms with van der Waals surface area (Å²) in [6.45, 7) is 4.00. The molecule has 4 heavy (non-hydrogen) atoms. The Balaban J connectivity index is 0. The van der Waals surface area contributed by atoms with E-state index >= 15 is 0 Å². The van der Waals surface area contributed by atoms with E-state index in [4.69, 9.17) is 0 Å². The third-order valence-electron chi connectivity index (χ3n) is 0. The summed E-state index contributed by atoms with van der Waals surface area (Å²) in [6, 6.07) is 0. The minimum atomic E-state index is 0. The molecular formula is C2H6BRe. The quantitative estimate of drug-likeness (QED) is 0.536. The fraction of sp³-hybridized carbons (Fsp3) is 1.00. The molecule has 0 aromatic rings. The van der Waals surface area contributed by atoms with Crippen molar-refractivity contribution in [2.45, 2.75) is 13.6 Å². The van der Waals surface area contributed by atoms with Gasteiger partial charge in [-0.05, 0) is 0 Å². The SMILES string of the molecule is C[B]C.[Re]. The standard InChI is InChI=1S/C2H6B.Re/c1-3-2;/h1-2H3;. The second-order valence-electron chi connectivity index (χ2n) is 0.577. The first-order valence-corrected chi connectivity index (χ1v) is 1.15. The molecule has 24 valence electrons. The van der Waals surface area contributed by atoms with Crippen LogP contribution in [0.15, 0.2) is 0 Å². The number of rotatable bonds is 0. The molecule has 0 heterocycles. The minimum Gasteiger partial charge on any atom is -0.0922 e. The Hall–Kier alpha value is 0.727. The fourth-order valence-electron chi connectivity index (χ4n) is 0. The van der Waals surface area contributed by atoms with Gasteiger partial charge in [-0.15, -0.1) is 0 Å². The van der Waals surface area contributed by atoms with Crippen LogP contribution in [0.4, 0.5) is 0 Å². The van der Waals surface area contributed by atoms with Crippen LogP contribution in [0.5, 0.6) is 0 Å². The van der Waals surface area contributed by atoms with Gasteiger partial charge in [-0.1, -0.05) is 13.6 Å². The van der Waals surface area contributed by atoms with Gasteiger partial charge in [0.1, 0.15) is 7.28 Å². The van der Waals surface area contributed by atoms with Gasteiger partial charge in [0.2, 0.25) is 0 Å². The zero-order chi connectivity index (χ0) is 2.71. The van der Waals surface area contributed by atoms with E-state index in [0.717, 1.165) is 0 Å². The molecule has 0 aromatic heterocycles. The van der Waals surface area contributed by atoms with Crippen molar-refractivity contribution in [3.8, 4) is 0 Å². The van der Waals surface area contributed by atoms with Crippen LogP contribution in [-0.2, 0) is 20.4 Å². The van der Waals surface area contributed by atoms with E-state index in [1.54, 1.807) is 0 Å². The molecule has 0 nitrogen and oxygen atoms in total. The van der Waals surface area contributed by atoms with Crippen LogP contribution < -0.4 is 0 Å². The third kappa shape index (κ3) is 15.4. The maximum absolute atomic E-state index is 2.00. The van der Waals surface area contributed by atoms with E-state index in [9.17, 15) is 0 Å². The van der Waals surface area contributed by atoms with Crippen LogP contribution in [0.25, 0.3) is 0 Å². The molecule has 0 rings (SSSR count). The van der Waals surface area contributed by atoms with Gasteiger partial charge in [-0.2, -0.15) is 0 Å². The van der Waals surface area contributed by atoms with Crippen LogP contribution in [-0.4, -0.2) is 7.28 Å². The second-order valence-corrected chi connectivity index (χ2v) is 0.577. The van der Waals surface area contributed by atoms with Crippen molar-refractivity contribution in [2.24, 2.45) is 0 Å². The average Bonchev–Trinajstić information content (AvgIpc) is 0.918. The molecule has 0 bridgehead atoms. The van der Waals surface area contributed by atoms with Crippen LogP contribution in [0.3, 0.4) is 0 Å². The van der Waals surface area contributed by atoms with Gasteiger partial charge in [0.15, 0.2) is 0 Å². The Bertz CT molecular complexity index is 6.00. The number of hydrogen-bond acceptors (Lipinski definition) is 0. The Labute approximate surface area is 41.9 Å². The predicted octanol–water partition coefficient (Wildman–Crippen LogP) is 0.784. The number of hydrogen-bond donors (Lipinski definition) is 0. The maximum Gasteiger partial charge on any atom is 0.102 e. The monoisotopic (exact) mass is 228 g/mol. The van der Waals surface area contributed by atoms with Gasteiger partial charge in [-0.25, -0.2) is 0 Å². The van der Waals surface area contributed by atoms with E-state index in [0.29, 0.717) is 0 Å². The fourth-order valence-corrected chi connectivity index (χ4v) is 0. The topological polar surface area (TPSA) is 0 Å². The van der Waals surface area contributed by atoms with E-state index in [2.05, 4.69) is 0 Å². The van der Waals surface area contributed by atoms with Crippen LogP contribution in [0.1, 0.15) is 0 Å². The van der Waals surface area contributed by atoms with Gasteiger partial charge in [0, 0.05) is 20.4 Å². The van der Waals surface area contributed by atoms with Crippen molar-refractivity contribution in [3.63, 3.8) is 0 Å². The van der Waals surface area contributed by atoms with Crippen molar-refractivity contribution in [1.82, 2.24) is 0 Å². The van der Waals surface area contributed by atoms with Gasteiger partial charge < -0.3 is 0 Å². The summed E-state index contributed by atoms with van der Waals surface area (Å²) in [6.07, 6.45) is 0. The van der Waals surface area contributed by atoms with Gasteiger partial charge in [0.25, 0.3) is 0 Å². The van der Waals surface area contributed by atoms with E-state index in [1.807, 2.05) is 20.9 Å². The predicted molar refractivity (Wildman–Crippen MR) is 17.5 cm³/mol. The van der Waals surface area contributed by atoms with Crippen molar-refractivity contribution >= 4 is 7.28 Å². The summed E-state index contributed by atoms with van der Waals surface area (Å²) in [7, 11) is 2.00. The van der Waals surface area contributed by atoms with E-state index in [1.165, 1.54) is 0 Å². The molecule has 2 radical (unpaired) electrons. The molecule has 0 aliphatic carbocycles. The first-order chi connectivity index (χ1) is 1.41. The van der Waals surface area contributed by atoms with Crippen LogP contribution in [0.2, 0.25) is 13.6 Å².